The highest BCUT2D eigenvalue weighted by Gasteiger charge is 2.35. The summed E-state index contributed by atoms with van der Waals surface area (Å²) in [7, 11) is 0. The molecule has 0 aliphatic carbocycles. The summed E-state index contributed by atoms with van der Waals surface area (Å²) in [6, 6.07) is 16.8. The van der Waals surface area contributed by atoms with Gasteiger partial charge in [-0.15, -0.1) is 11.8 Å². The Morgan fingerprint density at radius 2 is 1.79 bits per heavy atom. The molecule has 1 aliphatic heterocycles. The van der Waals surface area contributed by atoms with Crippen molar-refractivity contribution >= 4 is 52.2 Å². The zero-order valence-corrected chi connectivity index (χ0v) is 20.4. The van der Waals surface area contributed by atoms with E-state index in [0.29, 0.717) is 33.9 Å². The van der Waals surface area contributed by atoms with Gasteiger partial charge in [0.05, 0.1) is 22.3 Å². The molecule has 0 radical (unpaired) electrons. The molecule has 176 valence electrons. The van der Waals surface area contributed by atoms with Crippen LogP contribution in [0.4, 0.5) is 11.4 Å². The second-order valence-corrected chi connectivity index (χ2v) is 9.29. The third-order valence-corrected chi connectivity index (χ3v) is 6.86. The number of hydrogen-bond donors (Lipinski definition) is 0. The molecule has 4 rings (SSSR count). The van der Waals surface area contributed by atoms with E-state index in [1.807, 2.05) is 25.1 Å². The van der Waals surface area contributed by atoms with E-state index in [-0.39, 0.29) is 23.6 Å². The standard InChI is InChI=1S/C24H20Cl2N2O5S/c1-2-32-21-12-16(24-27(22(29)14-34-24)18-9-5-17(25)6-10-18)11-20(26)23(21)33-13-15-3-7-19(8-4-15)28(30)31/h3-12,24H,2,13-14H2,1H3/t24-/m0/s1. The first-order chi connectivity index (χ1) is 16.4. The van der Waals surface area contributed by atoms with Crippen LogP contribution >= 0.6 is 35.0 Å². The molecule has 1 fully saturated rings. The number of nitro benzene ring substituents is 1. The number of non-ortho nitro benzene ring substituents is 1. The largest absolute Gasteiger partial charge is 0.490 e. The maximum absolute atomic E-state index is 12.7. The van der Waals surface area contributed by atoms with Crippen molar-refractivity contribution in [3.05, 3.63) is 92.0 Å². The lowest BCUT2D eigenvalue weighted by molar-refractivity contribution is -0.384. The van der Waals surface area contributed by atoms with E-state index in [1.54, 1.807) is 35.2 Å². The Morgan fingerprint density at radius 3 is 2.44 bits per heavy atom. The van der Waals surface area contributed by atoms with E-state index in [4.69, 9.17) is 32.7 Å². The van der Waals surface area contributed by atoms with E-state index in [2.05, 4.69) is 0 Å². The van der Waals surface area contributed by atoms with Crippen LogP contribution in [0.15, 0.2) is 60.7 Å². The van der Waals surface area contributed by atoms with Crippen molar-refractivity contribution in [2.45, 2.75) is 18.9 Å². The molecular formula is C24H20Cl2N2O5S. The summed E-state index contributed by atoms with van der Waals surface area (Å²) in [4.78, 5) is 24.8. The first-order valence-electron chi connectivity index (χ1n) is 10.4. The van der Waals surface area contributed by atoms with Crippen LogP contribution in [0.25, 0.3) is 0 Å². The number of ether oxygens (including phenoxy) is 2. The fraction of sp³-hybridized carbons (Fsp3) is 0.208. The molecule has 0 bridgehead atoms. The lowest BCUT2D eigenvalue weighted by Gasteiger charge is -2.25. The molecule has 10 heteroatoms. The minimum Gasteiger partial charge on any atom is -0.490 e. The van der Waals surface area contributed by atoms with Gasteiger partial charge < -0.3 is 9.47 Å². The average molecular weight is 519 g/mol. The number of hydrogen-bond acceptors (Lipinski definition) is 6. The first-order valence-corrected chi connectivity index (χ1v) is 12.2. The van der Waals surface area contributed by atoms with Gasteiger partial charge in [0, 0.05) is 22.8 Å². The number of amides is 1. The van der Waals surface area contributed by atoms with Gasteiger partial charge in [-0.3, -0.25) is 19.8 Å². The Morgan fingerprint density at radius 1 is 1.09 bits per heavy atom. The molecule has 0 saturated carbocycles. The number of anilines is 1. The smallest absolute Gasteiger partial charge is 0.269 e. The molecule has 1 aliphatic rings. The van der Waals surface area contributed by atoms with Gasteiger partial charge in [-0.25, -0.2) is 0 Å². The minimum absolute atomic E-state index is 0.00925. The molecule has 3 aromatic rings. The Hall–Kier alpha value is -2.94. The highest BCUT2D eigenvalue weighted by Crippen LogP contribution is 2.46. The Kier molecular flexibility index (Phi) is 7.50. The van der Waals surface area contributed by atoms with Crippen molar-refractivity contribution in [2.24, 2.45) is 0 Å². The summed E-state index contributed by atoms with van der Waals surface area (Å²) in [5.41, 5.74) is 2.31. The van der Waals surface area contributed by atoms with Gasteiger partial charge >= 0.3 is 0 Å². The van der Waals surface area contributed by atoms with Gasteiger partial charge in [0.2, 0.25) is 5.91 Å². The van der Waals surface area contributed by atoms with Crippen LogP contribution in [-0.2, 0) is 11.4 Å². The fourth-order valence-electron chi connectivity index (χ4n) is 3.55. The zero-order valence-electron chi connectivity index (χ0n) is 18.1. The van der Waals surface area contributed by atoms with E-state index >= 15 is 0 Å². The quantitative estimate of drug-likeness (QED) is 0.245. The fourth-order valence-corrected chi connectivity index (χ4v) is 5.11. The summed E-state index contributed by atoms with van der Waals surface area (Å²) < 4.78 is 11.8. The second-order valence-electron chi connectivity index (χ2n) is 7.38. The van der Waals surface area contributed by atoms with Crippen molar-refractivity contribution in [3.8, 4) is 11.5 Å². The summed E-state index contributed by atoms with van der Waals surface area (Å²) in [5.74, 6) is 1.17. The van der Waals surface area contributed by atoms with E-state index < -0.39 is 4.92 Å². The molecule has 0 aromatic heterocycles. The van der Waals surface area contributed by atoms with E-state index in [0.717, 1.165) is 16.8 Å². The third kappa shape index (κ3) is 5.24. The summed E-state index contributed by atoms with van der Waals surface area (Å²) in [5, 5.41) is 11.5. The molecule has 0 unspecified atom stereocenters. The van der Waals surface area contributed by atoms with Crippen molar-refractivity contribution in [1.29, 1.82) is 0 Å². The molecular weight excluding hydrogens is 499 g/mol. The Labute approximate surface area is 210 Å². The maximum Gasteiger partial charge on any atom is 0.269 e. The van der Waals surface area contributed by atoms with Gasteiger partial charge in [0.1, 0.15) is 12.0 Å². The van der Waals surface area contributed by atoms with Gasteiger partial charge in [-0.1, -0.05) is 23.2 Å². The molecule has 34 heavy (non-hydrogen) atoms. The number of nitro groups is 1. The predicted molar refractivity (Wildman–Crippen MR) is 134 cm³/mol. The number of rotatable bonds is 8. The van der Waals surface area contributed by atoms with Crippen molar-refractivity contribution in [3.63, 3.8) is 0 Å². The van der Waals surface area contributed by atoms with Gasteiger partial charge in [-0.2, -0.15) is 0 Å². The van der Waals surface area contributed by atoms with Crippen LogP contribution in [0.1, 0.15) is 23.4 Å². The topological polar surface area (TPSA) is 81.9 Å². The lowest BCUT2D eigenvalue weighted by atomic mass is 10.1. The first kappa shape index (κ1) is 24.2. The summed E-state index contributed by atoms with van der Waals surface area (Å²) >= 11 is 14.1. The third-order valence-electron chi connectivity index (χ3n) is 5.12. The Balaban J connectivity index is 1.60. The molecule has 0 N–H and O–H groups in total. The summed E-state index contributed by atoms with van der Waals surface area (Å²) in [6.45, 7) is 2.41. The number of benzene rings is 3. The van der Waals surface area contributed by atoms with Crippen molar-refractivity contribution < 1.29 is 19.2 Å². The molecule has 3 aromatic carbocycles. The second kappa shape index (κ2) is 10.5. The van der Waals surface area contributed by atoms with E-state index in [9.17, 15) is 14.9 Å². The number of thioether (sulfide) groups is 1. The van der Waals surface area contributed by atoms with Crippen LogP contribution in [0.2, 0.25) is 10.0 Å². The SMILES string of the molecule is CCOc1cc([C@@H]2SCC(=O)N2c2ccc(Cl)cc2)cc(Cl)c1OCc1ccc([N+](=O)[O-])cc1. The van der Waals surface area contributed by atoms with Gasteiger partial charge in [0.15, 0.2) is 11.5 Å². The number of halogens is 2. The van der Waals surface area contributed by atoms with Crippen molar-refractivity contribution in [1.82, 2.24) is 0 Å². The molecule has 1 amide bonds. The summed E-state index contributed by atoms with van der Waals surface area (Å²) in [6.07, 6.45) is 0. The maximum atomic E-state index is 12.7. The Bertz CT molecular complexity index is 1210. The van der Waals surface area contributed by atoms with E-state index in [1.165, 1.54) is 23.9 Å². The molecule has 1 atom stereocenters. The monoisotopic (exact) mass is 518 g/mol. The highest BCUT2D eigenvalue weighted by molar-refractivity contribution is 8.00. The van der Waals surface area contributed by atoms with Crippen LogP contribution in [0.3, 0.4) is 0 Å². The van der Waals surface area contributed by atoms with Gasteiger partial charge in [-0.05, 0) is 66.6 Å². The van der Waals surface area contributed by atoms with Crippen LogP contribution in [0.5, 0.6) is 11.5 Å². The molecule has 1 heterocycles. The molecule has 0 spiro atoms. The van der Waals surface area contributed by atoms with Crippen LogP contribution < -0.4 is 14.4 Å². The van der Waals surface area contributed by atoms with Crippen LogP contribution in [-0.4, -0.2) is 23.2 Å². The number of nitrogens with zero attached hydrogens (tertiary/aromatic N) is 2. The van der Waals surface area contributed by atoms with Gasteiger partial charge in [0.25, 0.3) is 5.69 Å². The zero-order chi connectivity index (χ0) is 24.2. The normalized spacial score (nSPS) is 15.4. The lowest BCUT2D eigenvalue weighted by Crippen LogP contribution is -2.27. The average Bonchev–Trinajstić information content (AvgIpc) is 3.20. The molecule has 1 saturated heterocycles. The highest BCUT2D eigenvalue weighted by atomic mass is 35.5. The molecule has 7 nitrogen and oxygen atoms in total. The minimum atomic E-state index is -0.452. The number of carbonyl (C=O) groups excluding carboxylic acids is 1. The van der Waals surface area contributed by atoms with Crippen molar-refractivity contribution in [2.75, 3.05) is 17.3 Å². The predicted octanol–water partition coefficient (Wildman–Crippen LogP) is 6.66. The number of carbonyl (C=O) groups is 1. The van der Waals surface area contributed by atoms with Crippen LogP contribution in [0, 0.1) is 10.1 Å².